The number of ether oxygens (including phenoxy) is 2. The van der Waals surface area contributed by atoms with E-state index in [0.717, 1.165) is 19.4 Å². The van der Waals surface area contributed by atoms with Crippen molar-refractivity contribution < 1.29 is 14.3 Å². The Hall–Kier alpha value is -1.55. The first kappa shape index (κ1) is 12.9. The first-order valence-corrected chi connectivity index (χ1v) is 6.12. The van der Waals surface area contributed by atoms with Crippen LogP contribution in [0.15, 0.2) is 18.2 Å². The number of hydrogen-bond acceptors (Lipinski definition) is 4. The fourth-order valence-corrected chi connectivity index (χ4v) is 2.38. The standard InChI is InChI=1S/C14H19NO3/c1-14(7-4-8-15-14)13(16)11-9-10(17-2)5-6-12(11)18-3/h5-6,9,15H,4,7-8H2,1-3H3. The van der Waals surface area contributed by atoms with Gasteiger partial charge in [0.25, 0.3) is 0 Å². The van der Waals surface area contributed by atoms with Gasteiger partial charge in [0.2, 0.25) is 0 Å². The van der Waals surface area contributed by atoms with Crippen LogP contribution in [0.3, 0.4) is 0 Å². The van der Waals surface area contributed by atoms with Crippen LogP contribution in [0.5, 0.6) is 11.5 Å². The summed E-state index contributed by atoms with van der Waals surface area (Å²) in [5, 5.41) is 3.27. The van der Waals surface area contributed by atoms with E-state index in [2.05, 4.69) is 5.32 Å². The van der Waals surface area contributed by atoms with E-state index in [9.17, 15) is 4.79 Å². The van der Waals surface area contributed by atoms with Crippen LogP contribution in [0.2, 0.25) is 0 Å². The Kier molecular flexibility index (Phi) is 3.57. The molecule has 0 bridgehead atoms. The van der Waals surface area contributed by atoms with Gasteiger partial charge in [-0.15, -0.1) is 0 Å². The monoisotopic (exact) mass is 249 g/mol. The molecule has 0 aromatic heterocycles. The third-order valence-corrected chi connectivity index (χ3v) is 3.52. The first-order chi connectivity index (χ1) is 8.60. The number of nitrogens with one attached hydrogen (secondary N) is 1. The summed E-state index contributed by atoms with van der Waals surface area (Å²) in [5.41, 5.74) is 0.0911. The summed E-state index contributed by atoms with van der Waals surface area (Å²) in [6.45, 7) is 2.83. The van der Waals surface area contributed by atoms with Crippen molar-refractivity contribution in [3.8, 4) is 11.5 Å². The molecular formula is C14H19NO3. The molecule has 1 unspecified atom stereocenters. The van der Waals surface area contributed by atoms with Crippen molar-refractivity contribution in [1.82, 2.24) is 5.32 Å². The summed E-state index contributed by atoms with van der Waals surface area (Å²) in [5.74, 6) is 1.33. The number of methoxy groups -OCH3 is 2. The topological polar surface area (TPSA) is 47.6 Å². The highest BCUT2D eigenvalue weighted by atomic mass is 16.5. The lowest BCUT2D eigenvalue weighted by Gasteiger charge is -2.23. The van der Waals surface area contributed by atoms with Gasteiger partial charge in [-0.3, -0.25) is 4.79 Å². The molecule has 0 radical (unpaired) electrons. The molecule has 1 aromatic carbocycles. The number of benzene rings is 1. The Morgan fingerprint density at radius 2 is 2.11 bits per heavy atom. The molecular weight excluding hydrogens is 230 g/mol. The van der Waals surface area contributed by atoms with Crippen LogP contribution >= 0.6 is 0 Å². The smallest absolute Gasteiger partial charge is 0.186 e. The summed E-state index contributed by atoms with van der Waals surface area (Å²) < 4.78 is 10.4. The van der Waals surface area contributed by atoms with E-state index in [1.165, 1.54) is 0 Å². The van der Waals surface area contributed by atoms with Gasteiger partial charge in [0, 0.05) is 0 Å². The quantitative estimate of drug-likeness (QED) is 0.829. The summed E-state index contributed by atoms with van der Waals surface area (Å²) >= 11 is 0. The molecule has 1 heterocycles. The molecule has 1 atom stereocenters. The number of carbonyl (C=O) groups excluding carboxylic acids is 1. The van der Waals surface area contributed by atoms with Crippen molar-refractivity contribution in [1.29, 1.82) is 0 Å². The van der Waals surface area contributed by atoms with Gasteiger partial charge in [-0.1, -0.05) is 0 Å². The second-order valence-electron chi connectivity index (χ2n) is 4.76. The van der Waals surface area contributed by atoms with Crippen molar-refractivity contribution >= 4 is 5.78 Å². The first-order valence-electron chi connectivity index (χ1n) is 6.12. The van der Waals surface area contributed by atoms with Gasteiger partial charge in [0.05, 0.1) is 25.3 Å². The zero-order chi connectivity index (χ0) is 13.2. The maximum Gasteiger partial charge on any atom is 0.186 e. The Morgan fingerprint density at radius 3 is 2.67 bits per heavy atom. The van der Waals surface area contributed by atoms with E-state index in [1.807, 2.05) is 6.92 Å². The minimum Gasteiger partial charge on any atom is -0.497 e. The minimum atomic E-state index is -0.486. The largest absolute Gasteiger partial charge is 0.497 e. The Labute approximate surface area is 107 Å². The zero-order valence-electron chi connectivity index (χ0n) is 11.1. The highest BCUT2D eigenvalue weighted by molar-refractivity contribution is 6.05. The second kappa shape index (κ2) is 4.98. The Balaban J connectivity index is 2.39. The Morgan fingerprint density at radius 1 is 1.33 bits per heavy atom. The number of carbonyl (C=O) groups is 1. The molecule has 4 nitrogen and oxygen atoms in total. The van der Waals surface area contributed by atoms with E-state index < -0.39 is 5.54 Å². The lowest BCUT2D eigenvalue weighted by Crippen LogP contribution is -2.44. The molecule has 1 N–H and O–H groups in total. The third-order valence-electron chi connectivity index (χ3n) is 3.52. The maximum absolute atomic E-state index is 12.6. The highest BCUT2D eigenvalue weighted by Crippen LogP contribution is 2.30. The average Bonchev–Trinajstić information content (AvgIpc) is 2.85. The SMILES string of the molecule is COc1ccc(OC)c(C(=O)C2(C)CCCN2)c1. The van der Waals surface area contributed by atoms with Crippen LogP contribution in [0, 0.1) is 0 Å². The van der Waals surface area contributed by atoms with Gasteiger partial charge in [-0.25, -0.2) is 0 Å². The maximum atomic E-state index is 12.6. The molecule has 0 amide bonds. The highest BCUT2D eigenvalue weighted by Gasteiger charge is 2.37. The molecule has 1 fully saturated rings. The summed E-state index contributed by atoms with van der Waals surface area (Å²) in [4.78, 5) is 12.6. The molecule has 0 saturated carbocycles. The summed E-state index contributed by atoms with van der Waals surface area (Å²) in [6, 6.07) is 5.30. The number of Topliss-reactive ketones (excluding diaryl/α,β-unsaturated/α-hetero) is 1. The molecule has 4 heteroatoms. The molecule has 0 aliphatic carbocycles. The van der Waals surface area contributed by atoms with E-state index in [0.29, 0.717) is 17.1 Å². The van der Waals surface area contributed by atoms with Gasteiger partial charge in [0.15, 0.2) is 5.78 Å². The van der Waals surface area contributed by atoms with Crippen molar-refractivity contribution in [2.45, 2.75) is 25.3 Å². The van der Waals surface area contributed by atoms with Gasteiger partial charge in [-0.05, 0) is 44.5 Å². The zero-order valence-corrected chi connectivity index (χ0v) is 11.1. The fraction of sp³-hybridized carbons (Fsp3) is 0.500. The molecule has 0 spiro atoms. The van der Waals surface area contributed by atoms with Gasteiger partial charge in [0.1, 0.15) is 11.5 Å². The van der Waals surface area contributed by atoms with Gasteiger partial charge in [-0.2, -0.15) is 0 Å². The Bertz CT molecular complexity index is 450. The van der Waals surface area contributed by atoms with Crippen LogP contribution in [0.1, 0.15) is 30.1 Å². The molecule has 1 aromatic rings. The predicted octanol–water partition coefficient (Wildman–Crippen LogP) is 2.03. The molecule has 1 saturated heterocycles. The fourth-order valence-electron chi connectivity index (χ4n) is 2.38. The lowest BCUT2D eigenvalue weighted by atomic mass is 9.89. The predicted molar refractivity (Wildman–Crippen MR) is 69.5 cm³/mol. The summed E-state index contributed by atoms with van der Waals surface area (Å²) in [6.07, 6.45) is 1.88. The van der Waals surface area contributed by atoms with Crippen LogP contribution in [0.4, 0.5) is 0 Å². The van der Waals surface area contributed by atoms with E-state index in [1.54, 1.807) is 32.4 Å². The second-order valence-corrected chi connectivity index (χ2v) is 4.76. The van der Waals surface area contributed by atoms with Crippen LogP contribution < -0.4 is 14.8 Å². The van der Waals surface area contributed by atoms with Gasteiger partial charge < -0.3 is 14.8 Å². The third kappa shape index (κ3) is 2.20. The minimum absolute atomic E-state index is 0.0655. The molecule has 1 aliphatic heterocycles. The summed E-state index contributed by atoms with van der Waals surface area (Å²) in [7, 11) is 3.16. The number of ketones is 1. The molecule has 2 rings (SSSR count). The van der Waals surface area contributed by atoms with E-state index >= 15 is 0 Å². The van der Waals surface area contributed by atoms with Crippen molar-refractivity contribution in [3.63, 3.8) is 0 Å². The van der Waals surface area contributed by atoms with Crippen molar-refractivity contribution in [2.24, 2.45) is 0 Å². The van der Waals surface area contributed by atoms with E-state index in [-0.39, 0.29) is 5.78 Å². The number of rotatable bonds is 4. The molecule has 18 heavy (non-hydrogen) atoms. The normalized spacial score (nSPS) is 22.8. The van der Waals surface area contributed by atoms with Crippen LogP contribution in [-0.4, -0.2) is 32.1 Å². The average molecular weight is 249 g/mol. The van der Waals surface area contributed by atoms with Crippen LogP contribution in [-0.2, 0) is 0 Å². The number of hydrogen-bond donors (Lipinski definition) is 1. The molecule has 1 aliphatic rings. The lowest BCUT2D eigenvalue weighted by molar-refractivity contribution is 0.0880. The van der Waals surface area contributed by atoms with Crippen LogP contribution in [0.25, 0.3) is 0 Å². The van der Waals surface area contributed by atoms with Crippen molar-refractivity contribution in [3.05, 3.63) is 23.8 Å². The van der Waals surface area contributed by atoms with Crippen molar-refractivity contribution in [2.75, 3.05) is 20.8 Å². The van der Waals surface area contributed by atoms with E-state index in [4.69, 9.17) is 9.47 Å². The van der Waals surface area contributed by atoms with Gasteiger partial charge >= 0.3 is 0 Å². The molecule has 98 valence electrons.